The fourth-order valence-corrected chi connectivity index (χ4v) is 2.88. The van der Waals surface area contributed by atoms with Crippen LogP contribution < -0.4 is 10.1 Å². The monoisotopic (exact) mass is 294 g/mol. The summed E-state index contributed by atoms with van der Waals surface area (Å²) >= 11 is 0. The lowest BCUT2D eigenvalue weighted by molar-refractivity contribution is 0.111. The smallest absolute Gasteiger partial charge is 0.165 e. The standard InChI is InChI=1S/C17H27FN2O/c1-5-12(2)16-11-20(13(3)9-19-16)10-14-6-7-17(21-4)15(18)8-14/h6-8,12-13,16,19H,5,9-11H2,1-4H3. The number of nitrogens with one attached hydrogen (secondary N) is 1. The van der Waals surface area contributed by atoms with Gasteiger partial charge in [0.2, 0.25) is 0 Å². The Hall–Kier alpha value is -1.13. The van der Waals surface area contributed by atoms with Crippen LogP contribution in [-0.4, -0.2) is 37.2 Å². The lowest BCUT2D eigenvalue weighted by Gasteiger charge is -2.41. The predicted molar refractivity (Wildman–Crippen MR) is 84.1 cm³/mol. The third kappa shape index (κ3) is 3.95. The van der Waals surface area contributed by atoms with Crippen LogP contribution in [0.25, 0.3) is 0 Å². The molecule has 3 atom stereocenters. The minimum absolute atomic E-state index is 0.281. The van der Waals surface area contributed by atoms with Crippen molar-refractivity contribution in [2.24, 2.45) is 5.92 Å². The van der Waals surface area contributed by atoms with Gasteiger partial charge in [0, 0.05) is 31.7 Å². The van der Waals surface area contributed by atoms with Crippen molar-refractivity contribution in [3.05, 3.63) is 29.6 Å². The van der Waals surface area contributed by atoms with E-state index in [4.69, 9.17) is 4.74 Å². The highest BCUT2D eigenvalue weighted by Crippen LogP contribution is 2.21. The number of hydrogen-bond acceptors (Lipinski definition) is 3. The molecule has 1 N–H and O–H groups in total. The van der Waals surface area contributed by atoms with E-state index in [0.29, 0.717) is 23.8 Å². The van der Waals surface area contributed by atoms with Crippen molar-refractivity contribution >= 4 is 0 Å². The molecule has 21 heavy (non-hydrogen) atoms. The first kappa shape index (κ1) is 16.2. The molecule has 1 heterocycles. The van der Waals surface area contributed by atoms with Gasteiger partial charge in [0.25, 0.3) is 0 Å². The highest BCUT2D eigenvalue weighted by atomic mass is 19.1. The molecular formula is C17H27FN2O. The average molecular weight is 294 g/mol. The molecule has 1 aliphatic heterocycles. The SMILES string of the molecule is CCC(C)C1CN(Cc2ccc(OC)c(F)c2)C(C)CN1. The molecule has 0 saturated carbocycles. The summed E-state index contributed by atoms with van der Waals surface area (Å²) in [5, 5.41) is 3.63. The Morgan fingerprint density at radius 3 is 2.86 bits per heavy atom. The van der Waals surface area contributed by atoms with Crippen molar-refractivity contribution in [3.63, 3.8) is 0 Å². The third-order valence-corrected chi connectivity index (χ3v) is 4.66. The Balaban J connectivity index is 2.04. The lowest BCUT2D eigenvalue weighted by atomic mass is 9.95. The summed E-state index contributed by atoms with van der Waals surface area (Å²) in [5.41, 5.74) is 1.00. The highest BCUT2D eigenvalue weighted by Gasteiger charge is 2.27. The van der Waals surface area contributed by atoms with Crippen molar-refractivity contribution in [1.29, 1.82) is 0 Å². The fraction of sp³-hybridized carbons (Fsp3) is 0.647. The molecule has 3 nitrogen and oxygen atoms in total. The zero-order chi connectivity index (χ0) is 15.4. The molecule has 1 aromatic carbocycles. The molecule has 2 rings (SSSR count). The molecule has 0 amide bonds. The van der Waals surface area contributed by atoms with Gasteiger partial charge in [-0.1, -0.05) is 26.3 Å². The van der Waals surface area contributed by atoms with E-state index in [2.05, 4.69) is 31.0 Å². The number of benzene rings is 1. The Bertz CT molecular complexity index is 466. The largest absolute Gasteiger partial charge is 0.494 e. The van der Waals surface area contributed by atoms with Crippen LogP contribution in [-0.2, 0) is 6.54 Å². The van der Waals surface area contributed by atoms with Crippen LogP contribution in [0, 0.1) is 11.7 Å². The van der Waals surface area contributed by atoms with E-state index in [1.54, 1.807) is 12.1 Å². The second kappa shape index (κ2) is 7.23. The van der Waals surface area contributed by atoms with Crippen molar-refractivity contribution in [3.8, 4) is 5.75 Å². The van der Waals surface area contributed by atoms with Gasteiger partial charge in [-0.15, -0.1) is 0 Å². The summed E-state index contributed by atoms with van der Waals surface area (Å²) in [6, 6.07) is 6.24. The summed E-state index contributed by atoms with van der Waals surface area (Å²) in [4.78, 5) is 2.44. The number of methoxy groups -OCH3 is 1. The normalized spacial score (nSPS) is 24.8. The second-order valence-corrected chi connectivity index (χ2v) is 6.15. The van der Waals surface area contributed by atoms with Crippen LogP contribution in [0.3, 0.4) is 0 Å². The topological polar surface area (TPSA) is 24.5 Å². The number of rotatable bonds is 5. The van der Waals surface area contributed by atoms with Gasteiger partial charge in [0.1, 0.15) is 0 Å². The average Bonchev–Trinajstić information content (AvgIpc) is 2.49. The van der Waals surface area contributed by atoms with Gasteiger partial charge in [0.15, 0.2) is 11.6 Å². The Morgan fingerprint density at radius 1 is 1.48 bits per heavy atom. The molecule has 118 valence electrons. The van der Waals surface area contributed by atoms with Crippen LogP contribution in [0.5, 0.6) is 5.75 Å². The number of piperazine rings is 1. The van der Waals surface area contributed by atoms with Gasteiger partial charge in [-0.25, -0.2) is 4.39 Å². The minimum atomic E-state index is -0.281. The Labute approximate surface area is 127 Å². The summed E-state index contributed by atoms with van der Waals surface area (Å²) in [5.74, 6) is 0.688. The molecule has 1 fully saturated rings. The Morgan fingerprint density at radius 2 is 2.24 bits per heavy atom. The van der Waals surface area contributed by atoms with Crippen molar-refractivity contribution in [1.82, 2.24) is 10.2 Å². The second-order valence-electron chi connectivity index (χ2n) is 6.15. The van der Waals surface area contributed by atoms with Crippen LogP contribution in [0.15, 0.2) is 18.2 Å². The molecule has 4 heteroatoms. The molecular weight excluding hydrogens is 267 g/mol. The first-order chi connectivity index (χ1) is 10.0. The molecule has 0 aliphatic carbocycles. The molecule has 3 unspecified atom stereocenters. The van der Waals surface area contributed by atoms with Crippen molar-refractivity contribution < 1.29 is 9.13 Å². The first-order valence-electron chi connectivity index (χ1n) is 7.85. The van der Waals surface area contributed by atoms with E-state index in [1.807, 2.05) is 6.07 Å². The summed E-state index contributed by atoms with van der Waals surface area (Å²) in [6.07, 6.45) is 1.18. The number of halogens is 1. The zero-order valence-electron chi connectivity index (χ0n) is 13.5. The van der Waals surface area contributed by atoms with Crippen molar-refractivity contribution in [2.45, 2.75) is 45.8 Å². The van der Waals surface area contributed by atoms with Gasteiger partial charge in [-0.2, -0.15) is 0 Å². The molecule has 1 saturated heterocycles. The molecule has 0 bridgehead atoms. The van der Waals surface area contributed by atoms with Gasteiger partial charge in [-0.3, -0.25) is 4.90 Å². The zero-order valence-corrected chi connectivity index (χ0v) is 13.5. The minimum Gasteiger partial charge on any atom is -0.494 e. The maximum absolute atomic E-state index is 13.8. The molecule has 0 spiro atoms. The van der Waals surface area contributed by atoms with E-state index in [9.17, 15) is 4.39 Å². The summed E-state index contributed by atoms with van der Waals surface area (Å²) in [7, 11) is 1.49. The van der Waals surface area contributed by atoms with E-state index < -0.39 is 0 Å². The Kier molecular flexibility index (Phi) is 5.59. The predicted octanol–water partition coefficient (Wildman–Crippen LogP) is 3.04. The summed E-state index contributed by atoms with van der Waals surface area (Å²) < 4.78 is 18.8. The number of nitrogens with zero attached hydrogens (tertiary/aromatic N) is 1. The first-order valence-corrected chi connectivity index (χ1v) is 7.85. The molecule has 1 aromatic rings. The molecule has 1 aliphatic rings. The molecule has 0 radical (unpaired) electrons. The maximum atomic E-state index is 13.8. The van der Waals surface area contributed by atoms with Gasteiger partial charge >= 0.3 is 0 Å². The summed E-state index contributed by atoms with van der Waals surface area (Å²) in [6.45, 7) is 9.54. The van der Waals surface area contributed by atoms with Gasteiger partial charge < -0.3 is 10.1 Å². The fourth-order valence-electron chi connectivity index (χ4n) is 2.88. The van der Waals surface area contributed by atoms with Crippen LogP contribution >= 0.6 is 0 Å². The maximum Gasteiger partial charge on any atom is 0.165 e. The number of hydrogen-bond donors (Lipinski definition) is 1. The molecule has 0 aromatic heterocycles. The van der Waals surface area contributed by atoms with Crippen molar-refractivity contribution in [2.75, 3.05) is 20.2 Å². The van der Waals surface area contributed by atoms with E-state index in [0.717, 1.165) is 25.2 Å². The van der Waals surface area contributed by atoms with Crippen LogP contribution in [0.1, 0.15) is 32.8 Å². The van der Waals surface area contributed by atoms with Gasteiger partial charge in [0.05, 0.1) is 7.11 Å². The van der Waals surface area contributed by atoms with Crippen LogP contribution in [0.2, 0.25) is 0 Å². The van der Waals surface area contributed by atoms with E-state index >= 15 is 0 Å². The lowest BCUT2D eigenvalue weighted by Crippen LogP contribution is -2.56. The highest BCUT2D eigenvalue weighted by molar-refractivity contribution is 5.29. The van der Waals surface area contributed by atoms with E-state index in [-0.39, 0.29) is 5.82 Å². The van der Waals surface area contributed by atoms with E-state index in [1.165, 1.54) is 13.5 Å². The quantitative estimate of drug-likeness (QED) is 0.903. The number of ether oxygens (including phenoxy) is 1. The third-order valence-electron chi connectivity index (χ3n) is 4.66. The van der Waals surface area contributed by atoms with Gasteiger partial charge in [-0.05, 0) is 30.5 Å². The van der Waals surface area contributed by atoms with Crippen LogP contribution in [0.4, 0.5) is 4.39 Å².